The molecule has 0 aliphatic carbocycles. The van der Waals surface area contributed by atoms with E-state index >= 15 is 0 Å². The molecule has 14 heavy (non-hydrogen) atoms. The van der Waals surface area contributed by atoms with Crippen LogP contribution < -0.4 is 0 Å². The highest BCUT2D eigenvalue weighted by Gasteiger charge is 2.40. The molecule has 0 radical (unpaired) electrons. The molecular weight excluding hydrogens is 190 g/mol. The molecule has 0 spiro atoms. The molecule has 6 nitrogen and oxygen atoms in total. The van der Waals surface area contributed by atoms with Gasteiger partial charge < -0.3 is 25.5 Å². The second-order valence-electron chi connectivity index (χ2n) is 3.52. The zero-order chi connectivity index (χ0) is 10.7. The Hall–Kier alpha value is -0.240. The Labute approximate surface area is 82.0 Å². The summed E-state index contributed by atoms with van der Waals surface area (Å²) in [4.78, 5) is 1.56. The average molecular weight is 207 g/mol. The van der Waals surface area contributed by atoms with E-state index in [1.54, 1.807) is 4.90 Å². The SMILES string of the molecule is OCCN1C[C@H](O)C(O)[C@H](O)C1CO. The minimum absolute atomic E-state index is 0.119. The fourth-order valence-corrected chi connectivity index (χ4v) is 1.76. The lowest BCUT2D eigenvalue weighted by Gasteiger charge is -2.42. The third-order valence-corrected chi connectivity index (χ3v) is 2.60. The molecule has 84 valence electrons. The summed E-state index contributed by atoms with van der Waals surface area (Å²) in [7, 11) is 0. The van der Waals surface area contributed by atoms with E-state index in [2.05, 4.69) is 0 Å². The van der Waals surface area contributed by atoms with Gasteiger partial charge in [0.2, 0.25) is 0 Å². The Morgan fingerprint density at radius 2 is 1.71 bits per heavy atom. The topological polar surface area (TPSA) is 104 Å². The van der Waals surface area contributed by atoms with Gasteiger partial charge in [-0.05, 0) is 0 Å². The van der Waals surface area contributed by atoms with Crippen LogP contribution in [0.25, 0.3) is 0 Å². The second-order valence-corrected chi connectivity index (χ2v) is 3.52. The molecule has 0 aromatic carbocycles. The van der Waals surface area contributed by atoms with Gasteiger partial charge in [-0.25, -0.2) is 0 Å². The monoisotopic (exact) mass is 207 g/mol. The zero-order valence-electron chi connectivity index (χ0n) is 7.82. The van der Waals surface area contributed by atoms with Crippen molar-refractivity contribution in [2.75, 3.05) is 26.3 Å². The van der Waals surface area contributed by atoms with Gasteiger partial charge in [0.25, 0.3) is 0 Å². The maximum atomic E-state index is 9.51. The number of aliphatic hydroxyl groups excluding tert-OH is 5. The van der Waals surface area contributed by atoms with E-state index in [1.807, 2.05) is 0 Å². The molecule has 1 aliphatic heterocycles. The molecule has 0 amide bonds. The molecule has 1 aliphatic rings. The summed E-state index contributed by atoms with van der Waals surface area (Å²) in [5.41, 5.74) is 0. The number of piperidine rings is 1. The van der Waals surface area contributed by atoms with E-state index in [-0.39, 0.29) is 26.3 Å². The second kappa shape index (κ2) is 5.01. The lowest BCUT2D eigenvalue weighted by Crippen LogP contribution is -2.62. The molecule has 1 fully saturated rings. The Balaban J connectivity index is 2.66. The number of aliphatic hydroxyl groups is 5. The van der Waals surface area contributed by atoms with Crippen LogP contribution in [-0.2, 0) is 0 Å². The Bertz CT molecular complexity index is 179. The van der Waals surface area contributed by atoms with Gasteiger partial charge in [-0.3, -0.25) is 4.90 Å². The van der Waals surface area contributed by atoms with Crippen molar-refractivity contribution in [3.63, 3.8) is 0 Å². The van der Waals surface area contributed by atoms with Gasteiger partial charge in [0, 0.05) is 13.1 Å². The fourth-order valence-electron chi connectivity index (χ4n) is 1.76. The standard InChI is InChI=1S/C8H17NO5/c10-2-1-9-3-6(12)8(14)7(13)5(9)4-11/h5-8,10-14H,1-4H2/t5?,6-,7+,8?/m0/s1. The molecule has 1 saturated heterocycles. The number of β-amino-alcohol motifs (C(OH)–C–C–N with tert-alkyl or cyclic N) is 2. The Morgan fingerprint density at radius 3 is 2.21 bits per heavy atom. The highest BCUT2D eigenvalue weighted by Crippen LogP contribution is 2.18. The van der Waals surface area contributed by atoms with Gasteiger partial charge in [-0.1, -0.05) is 0 Å². The van der Waals surface area contributed by atoms with Crippen molar-refractivity contribution in [2.45, 2.75) is 24.4 Å². The quantitative estimate of drug-likeness (QED) is 0.333. The molecule has 4 atom stereocenters. The molecule has 1 rings (SSSR count). The van der Waals surface area contributed by atoms with E-state index in [4.69, 9.17) is 10.2 Å². The van der Waals surface area contributed by atoms with Gasteiger partial charge in [0.05, 0.1) is 25.4 Å². The van der Waals surface area contributed by atoms with E-state index in [1.165, 1.54) is 0 Å². The number of hydrogen-bond acceptors (Lipinski definition) is 6. The third kappa shape index (κ3) is 2.22. The molecule has 5 N–H and O–H groups in total. The van der Waals surface area contributed by atoms with Crippen molar-refractivity contribution >= 4 is 0 Å². The van der Waals surface area contributed by atoms with Crippen molar-refractivity contribution < 1.29 is 25.5 Å². The predicted octanol–water partition coefficient (Wildman–Crippen LogP) is -3.26. The van der Waals surface area contributed by atoms with Crippen LogP contribution >= 0.6 is 0 Å². The third-order valence-electron chi connectivity index (χ3n) is 2.60. The number of rotatable bonds is 3. The van der Waals surface area contributed by atoms with Crippen LogP contribution in [0.3, 0.4) is 0 Å². The summed E-state index contributed by atoms with van der Waals surface area (Å²) >= 11 is 0. The van der Waals surface area contributed by atoms with Gasteiger partial charge in [-0.2, -0.15) is 0 Å². The predicted molar refractivity (Wildman–Crippen MR) is 47.6 cm³/mol. The minimum atomic E-state index is -1.23. The van der Waals surface area contributed by atoms with Crippen molar-refractivity contribution in [1.29, 1.82) is 0 Å². The van der Waals surface area contributed by atoms with Crippen LogP contribution in [0.2, 0.25) is 0 Å². The molecule has 0 aromatic heterocycles. The first-order valence-electron chi connectivity index (χ1n) is 4.61. The Kier molecular flexibility index (Phi) is 4.24. The van der Waals surface area contributed by atoms with Crippen molar-refractivity contribution in [1.82, 2.24) is 4.90 Å². The number of hydrogen-bond donors (Lipinski definition) is 5. The minimum Gasteiger partial charge on any atom is -0.395 e. The van der Waals surface area contributed by atoms with Crippen LogP contribution in [0.5, 0.6) is 0 Å². The van der Waals surface area contributed by atoms with Crippen LogP contribution in [0.15, 0.2) is 0 Å². The molecule has 0 saturated carbocycles. The first kappa shape index (κ1) is 11.8. The van der Waals surface area contributed by atoms with Gasteiger partial charge >= 0.3 is 0 Å². The molecule has 0 bridgehead atoms. The molecular formula is C8H17NO5. The molecule has 2 unspecified atom stereocenters. The highest BCUT2D eigenvalue weighted by atomic mass is 16.4. The van der Waals surface area contributed by atoms with Crippen LogP contribution in [0.4, 0.5) is 0 Å². The number of likely N-dealkylation sites (tertiary alicyclic amines) is 1. The molecule has 0 aromatic rings. The van der Waals surface area contributed by atoms with E-state index < -0.39 is 24.4 Å². The molecule has 6 heteroatoms. The van der Waals surface area contributed by atoms with E-state index in [0.717, 1.165) is 0 Å². The fraction of sp³-hybridized carbons (Fsp3) is 1.00. The lowest BCUT2D eigenvalue weighted by molar-refractivity contribution is -0.146. The van der Waals surface area contributed by atoms with Crippen LogP contribution in [-0.4, -0.2) is 81.1 Å². The van der Waals surface area contributed by atoms with Gasteiger partial charge in [0.1, 0.15) is 12.2 Å². The first-order valence-corrected chi connectivity index (χ1v) is 4.61. The maximum absolute atomic E-state index is 9.51. The summed E-state index contributed by atoms with van der Waals surface area (Å²) in [5.74, 6) is 0. The summed E-state index contributed by atoms with van der Waals surface area (Å²) in [6.07, 6.45) is -3.46. The van der Waals surface area contributed by atoms with E-state index in [9.17, 15) is 15.3 Å². The summed E-state index contributed by atoms with van der Waals surface area (Å²) in [6.45, 7) is -0.0347. The number of nitrogens with zero attached hydrogens (tertiary/aromatic N) is 1. The van der Waals surface area contributed by atoms with Crippen molar-refractivity contribution in [2.24, 2.45) is 0 Å². The lowest BCUT2D eigenvalue weighted by atomic mass is 9.94. The van der Waals surface area contributed by atoms with Gasteiger partial charge in [0.15, 0.2) is 0 Å². The highest BCUT2D eigenvalue weighted by molar-refractivity contribution is 4.93. The summed E-state index contributed by atoms with van der Waals surface area (Å²) in [6, 6.07) is -0.624. The average Bonchev–Trinajstić information content (AvgIpc) is 2.16. The van der Waals surface area contributed by atoms with Gasteiger partial charge in [-0.15, -0.1) is 0 Å². The van der Waals surface area contributed by atoms with Crippen LogP contribution in [0.1, 0.15) is 0 Å². The Morgan fingerprint density at radius 1 is 1.07 bits per heavy atom. The first-order chi connectivity index (χ1) is 6.61. The summed E-state index contributed by atoms with van der Waals surface area (Å²) in [5, 5.41) is 45.9. The van der Waals surface area contributed by atoms with Crippen molar-refractivity contribution in [3.05, 3.63) is 0 Å². The van der Waals surface area contributed by atoms with E-state index in [0.29, 0.717) is 0 Å². The normalized spacial score (nSPS) is 40.1. The van der Waals surface area contributed by atoms with Crippen molar-refractivity contribution in [3.8, 4) is 0 Å². The molecule has 1 heterocycles. The summed E-state index contributed by atoms with van der Waals surface area (Å²) < 4.78 is 0. The zero-order valence-corrected chi connectivity index (χ0v) is 7.82. The van der Waals surface area contributed by atoms with Crippen LogP contribution in [0, 0.1) is 0 Å². The smallest absolute Gasteiger partial charge is 0.109 e. The maximum Gasteiger partial charge on any atom is 0.109 e. The largest absolute Gasteiger partial charge is 0.395 e.